The van der Waals surface area contributed by atoms with Crippen molar-refractivity contribution < 1.29 is 14.1 Å². The normalized spacial score (nSPS) is 19.3. The summed E-state index contributed by atoms with van der Waals surface area (Å²) in [4.78, 5) is 13.7. The minimum absolute atomic E-state index is 0.130. The van der Waals surface area contributed by atoms with Gasteiger partial charge in [-0.25, -0.2) is 0 Å². The van der Waals surface area contributed by atoms with Gasteiger partial charge in [-0.05, 0) is 45.6 Å². The Kier molecular flexibility index (Phi) is 4.69. The first-order valence-corrected chi connectivity index (χ1v) is 7.85. The van der Waals surface area contributed by atoms with Crippen LogP contribution in [-0.4, -0.2) is 42.7 Å². The third-order valence-corrected chi connectivity index (χ3v) is 4.76. The summed E-state index contributed by atoms with van der Waals surface area (Å²) in [6.45, 7) is 10.9. The number of hydrogen-bond donors (Lipinski definition) is 0. The van der Waals surface area contributed by atoms with E-state index in [9.17, 15) is 4.79 Å². The average Bonchev–Trinajstić information content (AvgIpc) is 2.67. The van der Waals surface area contributed by atoms with Gasteiger partial charge < -0.3 is 14.2 Å². The molecule has 22 heavy (non-hydrogen) atoms. The summed E-state index contributed by atoms with van der Waals surface area (Å²) in [5, 5.41) is 0. The van der Waals surface area contributed by atoms with Gasteiger partial charge in [0.05, 0.1) is 17.6 Å². The minimum Gasteiger partial charge on any atom is -0.399 e. The highest BCUT2D eigenvalue weighted by atomic mass is 16.7. The van der Waals surface area contributed by atoms with Gasteiger partial charge in [0, 0.05) is 13.6 Å². The van der Waals surface area contributed by atoms with Crippen LogP contribution < -0.4 is 5.46 Å². The SMILES string of the molecule is CCN(C)C(=O)Cc1ccc(B2OC(C)(C)C(C)(C)O2)cc1. The second-order valence-corrected chi connectivity index (χ2v) is 6.91. The van der Waals surface area contributed by atoms with E-state index in [0.717, 1.165) is 17.6 Å². The molecule has 2 rings (SSSR count). The molecule has 0 spiro atoms. The largest absolute Gasteiger partial charge is 0.494 e. The van der Waals surface area contributed by atoms with E-state index in [0.29, 0.717) is 6.42 Å². The smallest absolute Gasteiger partial charge is 0.399 e. The maximum absolute atomic E-state index is 11.9. The molecule has 0 unspecified atom stereocenters. The third-order valence-electron chi connectivity index (χ3n) is 4.76. The molecule has 1 aliphatic heterocycles. The number of nitrogens with zero attached hydrogens (tertiary/aromatic N) is 1. The Morgan fingerprint density at radius 3 is 2.05 bits per heavy atom. The fraction of sp³-hybridized carbons (Fsp3) is 0.588. The number of amides is 1. The molecule has 0 saturated carbocycles. The van der Waals surface area contributed by atoms with Crippen LogP contribution in [0.25, 0.3) is 0 Å². The highest BCUT2D eigenvalue weighted by Crippen LogP contribution is 2.36. The van der Waals surface area contributed by atoms with E-state index in [-0.39, 0.29) is 24.2 Å². The highest BCUT2D eigenvalue weighted by Gasteiger charge is 2.51. The lowest BCUT2D eigenvalue weighted by atomic mass is 9.79. The molecule has 1 aromatic carbocycles. The van der Waals surface area contributed by atoms with E-state index < -0.39 is 0 Å². The summed E-state index contributed by atoms with van der Waals surface area (Å²) < 4.78 is 12.1. The second kappa shape index (κ2) is 6.05. The Balaban J connectivity index is 2.06. The van der Waals surface area contributed by atoms with Crippen molar-refractivity contribution in [1.82, 2.24) is 4.90 Å². The number of rotatable bonds is 4. The lowest BCUT2D eigenvalue weighted by Crippen LogP contribution is -2.41. The van der Waals surface area contributed by atoms with Gasteiger partial charge in [0.15, 0.2) is 0 Å². The molecule has 1 heterocycles. The van der Waals surface area contributed by atoms with Gasteiger partial charge >= 0.3 is 7.12 Å². The predicted molar refractivity (Wildman–Crippen MR) is 89.2 cm³/mol. The van der Waals surface area contributed by atoms with Gasteiger partial charge in [0.2, 0.25) is 5.91 Å². The molecule has 0 radical (unpaired) electrons. The maximum atomic E-state index is 11.9. The molecule has 1 aliphatic rings. The maximum Gasteiger partial charge on any atom is 0.494 e. The summed E-state index contributed by atoms with van der Waals surface area (Å²) in [5.74, 6) is 0.130. The van der Waals surface area contributed by atoms with Crippen molar-refractivity contribution in [2.24, 2.45) is 0 Å². The zero-order valence-corrected chi connectivity index (χ0v) is 14.5. The molecule has 5 heteroatoms. The summed E-state index contributed by atoms with van der Waals surface area (Å²) >= 11 is 0. The molecular formula is C17H26BNO3. The third kappa shape index (κ3) is 3.36. The van der Waals surface area contributed by atoms with Gasteiger partial charge in [0.25, 0.3) is 0 Å². The van der Waals surface area contributed by atoms with Crippen molar-refractivity contribution in [1.29, 1.82) is 0 Å². The Morgan fingerprint density at radius 2 is 1.59 bits per heavy atom. The Hall–Kier alpha value is -1.33. The van der Waals surface area contributed by atoms with Gasteiger partial charge in [-0.15, -0.1) is 0 Å². The van der Waals surface area contributed by atoms with Crippen molar-refractivity contribution >= 4 is 18.5 Å². The summed E-state index contributed by atoms with van der Waals surface area (Å²) in [6, 6.07) is 7.91. The number of benzene rings is 1. The zero-order chi connectivity index (χ0) is 16.5. The van der Waals surface area contributed by atoms with Crippen LogP contribution in [0.15, 0.2) is 24.3 Å². The van der Waals surface area contributed by atoms with Gasteiger partial charge in [0.1, 0.15) is 0 Å². The number of hydrogen-bond acceptors (Lipinski definition) is 3. The molecule has 0 aromatic heterocycles. The van der Waals surface area contributed by atoms with Crippen molar-refractivity contribution in [2.75, 3.05) is 13.6 Å². The Morgan fingerprint density at radius 1 is 1.09 bits per heavy atom. The molecule has 1 amide bonds. The fourth-order valence-corrected chi connectivity index (χ4v) is 2.26. The first-order chi connectivity index (χ1) is 10.2. The first-order valence-electron chi connectivity index (χ1n) is 7.85. The average molecular weight is 303 g/mol. The fourth-order valence-electron chi connectivity index (χ4n) is 2.26. The molecule has 4 nitrogen and oxygen atoms in total. The standard InChI is InChI=1S/C17H26BNO3/c1-7-19(6)15(20)12-13-8-10-14(11-9-13)18-21-16(2,3)17(4,5)22-18/h8-11H,7,12H2,1-6H3. The van der Waals surface area contributed by atoms with E-state index in [4.69, 9.17) is 9.31 Å². The van der Waals surface area contributed by atoms with Crippen LogP contribution >= 0.6 is 0 Å². The molecule has 0 atom stereocenters. The van der Waals surface area contributed by atoms with Crippen LogP contribution in [0.2, 0.25) is 0 Å². The quantitative estimate of drug-likeness (QED) is 0.799. The molecule has 1 aromatic rings. The zero-order valence-electron chi connectivity index (χ0n) is 14.5. The predicted octanol–water partition coefficient (Wildman–Crippen LogP) is 2.01. The van der Waals surface area contributed by atoms with Crippen LogP contribution in [0.4, 0.5) is 0 Å². The van der Waals surface area contributed by atoms with Crippen molar-refractivity contribution in [3.63, 3.8) is 0 Å². The van der Waals surface area contributed by atoms with Gasteiger partial charge in [-0.1, -0.05) is 24.3 Å². The van der Waals surface area contributed by atoms with Crippen molar-refractivity contribution in [2.45, 2.75) is 52.2 Å². The number of carbonyl (C=O) groups excluding carboxylic acids is 1. The van der Waals surface area contributed by atoms with E-state index >= 15 is 0 Å². The summed E-state index contributed by atoms with van der Waals surface area (Å²) in [6.07, 6.45) is 0.425. The van der Waals surface area contributed by atoms with E-state index in [1.54, 1.807) is 4.90 Å². The van der Waals surface area contributed by atoms with E-state index in [1.165, 1.54) is 0 Å². The highest BCUT2D eigenvalue weighted by molar-refractivity contribution is 6.62. The molecule has 120 valence electrons. The van der Waals surface area contributed by atoms with Gasteiger partial charge in [-0.2, -0.15) is 0 Å². The topological polar surface area (TPSA) is 38.8 Å². The van der Waals surface area contributed by atoms with E-state index in [1.807, 2.05) is 65.9 Å². The van der Waals surface area contributed by atoms with Crippen LogP contribution in [0.1, 0.15) is 40.2 Å². The lowest BCUT2D eigenvalue weighted by Gasteiger charge is -2.32. The van der Waals surface area contributed by atoms with Crippen LogP contribution in [-0.2, 0) is 20.5 Å². The van der Waals surface area contributed by atoms with Crippen LogP contribution in [0.3, 0.4) is 0 Å². The second-order valence-electron chi connectivity index (χ2n) is 6.91. The van der Waals surface area contributed by atoms with Crippen molar-refractivity contribution in [3.8, 4) is 0 Å². The first kappa shape index (κ1) is 17.0. The van der Waals surface area contributed by atoms with E-state index in [2.05, 4.69) is 0 Å². The summed E-state index contributed by atoms with van der Waals surface area (Å²) in [5.41, 5.74) is 1.32. The molecule has 0 aliphatic carbocycles. The number of carbonyl (C=O) groups is 1. The Labute approximate surface area is 133 Å². The number of likely N-dealkylation sites (N-methyl/N-ethyl adjacent to an activating group) is 1. The molecule has 0 bridgehead atoms. The molecule has 0 N–H and O–H groups in total. The van der Waals surface area contributed by atoms with Crippen LogP contribution in [0, 0.1) is 0 Å². The molecule has 1 fully saturated rings. The Bertz CT molecular complexity index is 523. The van der Waals surface area contributed by atoms with Gasteiger partial charge in [-0.3, -0.25) is 4.79 Å². The lowest BCUT2D eigenvalue weighted by molar-refractivity contribution is -0.128. The molecule has 1 saturated heterocycles. The molecular weight excluding hydrogens is 277 g/mol. The minimum atomic E-state index is -0.354. The monoisotopic (exact) mass is 303 g/mol. The van der Waals surface area contributed by atoms with Crippen molar-refractivity contribution in [3.05, 3.63) is 29.8 Å². The summed E-state index contributed by atoms with van der Waals surface area (Å²) in [7, 11) is 1.47. The van der Waals surface area contributed by atoms with Crippen LogP contribution in [0.5, 0.6) is 0 Å².